The van der Waals surface area contributed by atoms with E-state index in [0.29, 0.717) is 13.2 Å². The van der Waals surface area contributed by atoms with Crippen LogP contribution in [0.25, 0.3) is 11.3 Å². The van der Waals surface area contributed by atoms with Gasteiger partial charge in [0.15, 0.2) is 0 Å². The van der Waals surface area contributed by atoms with E-state index in [1.54, 1.807) is 18.4 Å². The molecule has 0 atom stereocenters. The summed E-state index contributed by atoms with van der Waals surface area (Å²) in [7, 11) is 1.69. The van der Waals surface area contributed by atoms with E-state index in [-0.39, 0.29) is 0 Å². The molecule has 0 aliphatic rings. The molecule has 0 unspecified atom stereocenters. The quantitative estimate of drug-likeness (QED) is 0.884. The molecule has 3 nitrogen and oxygen atoms in total. The molecule has 0 saturated carbocycles. The van der Waals surface area contributed by atoms with Gasteiger partial charge in [-0.05, 0) is 13.0 Å². The largest absolute Gasteiger partial charge is 0.378 e. The summed E-state index contributed by atoms with van der Waals surface area (Å²) in [6, 6.07) is 10.2. The molecule has 0 amide bonds. The van der Waals surface area contributed by atoms with Gasteiger partial charge in [0, 0.05) is 17.6 Å². The van der Waals surface area contributed by atoms with Gasteiger partial charge in [0.2, 0.25) is 0 Å². The predicted octanol–water partition coefficient (Wildman–Crippen LogP) is 2.46. The van der Waals surface area contributed by atoms with Crippen LogP contribution < -0.4 is 5.73 Å². The van der Waals surface area contributed by atoms with Gasteiger partial charge in [-0.2, -0.15) is 0 Å². The average Bonchev–Trinajstić information content (AvgIpc) is 2.74. The Morgan fingerprint density at radius 3 is 2.71 bits per heavy atom. The molecule has 0 saturated heterocycles. The summed E-state index contributed by atoms with van der Waals surface area (Å²) in [4.78, 5) is 5.87. The third kappa shape index (κ3) is 2.91. The van der Waals surface area contributed by atoms with Crippen LogP contribution in [0.5, 0.6) is 0 Å². The molecular weight excluding hydrogens is 232 g/mol. The molecule has 1 aromatic heterocycles. The average molecular weight is 248 g/mol. The molecule has 0 aliphatic carbocycles. The molecular formula is C13H16N2OS. The molecule has 2 rings (SSSR count). The van der Waals surface area contributed by atoms with Crippen molar-refractivity contribution in [1.82, 2.24) is 4.98 Å². The first kappa shape index (κ1) is 12.2. The van der Waals surface area contributed by atoms with Gasteiger partial charge in [0.05, 0.1) is 12.3 Å². The van der Waals surface area contributed by atoms with E-state index in [1.807, 2.05) is 18.2 Å². The molecule has 1 aromatic carbocycles. The second-order valence-corrected chi connectivity index (χ2v) is 4.89. The highest BCUT2D eigenvalue weighted by Crippen LogP contribution is 2.28. The van der Waals surface area contributed by atoms with E-state index in [9.17, 15) is 0 Å². The number of ether oxygens (including phenoxy) is 1. The van der Waals surface area contributed by atoms with Crippen LogP contribution in [-0.4, -0.2) is 18.6 Å². The maximum absolute atomic E-state index is 5.64. The van der Waals surface area contributed by atoms with Crippen molar-refractivity contribution < 1.29 is 4.74 Å². The van der Waals surface area contributed by atoms with Gasteiger partial charge in [-0.3, -0.25) is 0 Å². The molecule has 2 N–H and O–H groups in total. The number of hydrogen-bond acceptors (Lipinski definition) is 4. The highest BCUT2D eigenvalue weighted by Gasteiger charge is 2.11. The van der Waals surface area contributed by atoms with Crippen LogP contribution in [0.2, 0.25) is 0 Å². The molecule has 0 bridgehead atoms. The van der Waals surface area contributed by atoms with E-state index in [0.717, 1.165) is 22.7 Å². The minimum Gasteiger partial charge on any atom is -0.378 e. The first-order valence-electron chi connectivity index (χ1n) is 5.58. The fourth-order valence-corrected chi connectivity index (χ4v) is 2.79. The van der Waals surface area contributed by atoms with Gasteiger partial charge < -0.3 is 10.5 Å². The minimum atomic E-state index is 0.565. The first-order valence-corrected chi connectivity index (χ1v) is 6.39. The number of thiazole rings is 1. The smallest absolute Gasteiger partial charge is 0.119 e. The van der Waals surface area contributed by atoms with Crippen molar-refractivity contribution in [3.8, 4) is 11.3 Å². The lowest BCUT2D eigenvalue weighted by atomic mass is 10.1. The van der Waals surface area contributed by atoms with Crippen molar-refractivity contribution in [1.29, 1.82) is 0 Å². The normalized spacial score (nSPS) is 10.7. The molecule has 90 valence electrons. The zero-order valence-electron chi connectivity index (χ0n) is 9.85. The highest BCUT2D eigenvalue weighted by molar-refractivity contribution is 7.12. The Kier molecular flexibility index (Phi) is 4.25. The Balaban J connectivity index is 2.37. The molecule has 2 aromatic rings. The second-order valence-electron chi connectivity index (χ2n) is 3.72. The minimum absolute atomic E-state index is 0.565. The lowest BCUT2D eigenvalue weighted by molar-refractivity contribution is 0.184. The van der Waals surface area contributed by atoms with E-state index in [4.69, 9.17) is 10.5 Å². The maximum Gasteiger partial charge on any atom is 0.119 e. The molecule has 17 heavy (non-hydrogen) atoms. The number of benzene rings is 1. The van der Waals surface area contributed by atoms with Crippen LogP contribution in [-0.2, 0) is 17.8 Å². The standard InChI is InChI=1S/C13H16N2OS/c1-16-9-12-15-13(11(17-12)7-8-14)10-5-3-2-4-6-10/h2-6H,7-9,14H2,1H3. The molecule has 0 fully saturated rings. The fourth-order valence-electron chi connectivity index (χ4n) is 1.71. The van der Waals surface area contributed by atoms with Crippen molar-refractivity contribution in [2.75, 3.05) is 13.7 Å². The summed E-state index contributed by atoms with van der Waals surface area (Å²) < 4.78 is 5.13. The Hall–Kier alpha value is -1.23. The van der Waals surface area contributed by atoms with Crippen LogP contribution >= 0.6 is 11.3 Å². The van der Waals surface area contributed by atoms with Gasteiger partial charge in [-0.15, -0.1) is 11.3 Å². The van der Waals surface area contributed by atoms with E-state index < -0.39 is 0 Å². The number of aromatic nitrogens is 1. The number of nitrogens with zero attached hydrogens (tertiary/aromatic N) is 1. The molecule has 0 aliphatic heterocycles. The van der Waals surface area contributed by atoms with E-state index in [1.165, 1.54) is 4.88 Å². The first-order chi connectivity index (χ1) is 8.35. The Morgan fingerprint density at radius 1 is 1.29 bits per heavy atom. The highest BCUT2D eigenvalue weighted by atomic mass is 32.1. The predicted molar refractivity (Wildman–Crippen MR) is 71.0 cm³/mol. The lowest BCUT2D eigenvalue weighted by Crippen LogP contribution is -2.02. The molecule has 0 radical (unpaired) electrons. The van der Waals surface area contributed by atoms with Gasteiger partial charge >= 0.3 is 0 Å². The van der Waals surface area contributed by atoms with E-state index >= 15 is 0 Å². The van der Waals surface area contributed by atoms with Crippen molar-refractivity contribution in [3.05, 3.63) is 40.2 Å². The summed E-state index contributed by atoms with van der Waals surface area (Å²) in [5.74, 6) is 0. The Bertz CT molecular complexity index is 468. The SMILES string of the molecule is COCc1nc(-c2ccccc2)c(CCN)s1. The van der Waals surface area contributed by atoms with Crippen LogP contribution in [0, 0.1) is 0 Å². The number of methoxy groups -OCH3 is 1. The monoisotopic (exact) mass is 248 g/mol. The summed E-state index contributed by atoms with van der Waals surface area (Å²) in [5.41, 5.74) is 7.84. The van der Waals surface area contributed by atoms with Crippen molar-refractivity contribution in [2.24, 2.45) is 5.73 Å². The Labute approximate surface area is 105 Å². The second kappa shape index (κ2) is 5.91. The third-order valence-corrected chi connectivity index (χ3v) is 3.52. The van der Waals surface area contributed by atoms with Gasteiger partial charge in [-0.25, -0.2) is 4.98 Å². The van der Waals surface area contributed by atoms with Crippen LogP contribution in [0.1, 0.15) is 9.88 Å². The zero-order valence-corrected chi connectivity index (χ0v) is 10.7. The van der Waals surface area contributed by atoms with Crippen LogP contribution in [0.15, 0.2) is 30.3 Å². The lowest BCUT2D eigenvalue weighted by Gasteiger charge is -2.00. The summed E-state index contributed by atoms with van der Waals surface area (Å²) >= 11 is 1.69. The van der Waals surface area contributed by atoms with Crippen LogP contribution in [0.4, 0.5) is 0 Å². The number of nitrogens with two attached hydrogens (primary N) is 1. The number of rotatable bonds is 5. The number of hydrogen-bond donors (Lipinski definition) is 1. The molecule has 1 heterocycles. The van der Waals surface area contributed by atoms with Crippen molar-refractivity contribution in [2.45, 2.75) is 13.0 Å². The maximum atomic E-state index is 5.64. The van der Waals surface area contributed by atoms with Gasteiger partial charge in [-0.1, -0.05) is 30.3 Å². The zero-order chi connectivity index (χ0) is 12.1. The summed E-state index contributed by atoms with van der Waals surface area (Å²) in [6.45, 7) is 1.21. The van der Waals surface area contributed by atoms with E-state index in [2.05, 4.69) is 17.1 Å². The van der Waals surface area contributed by atoms with Gasteiger partial charge in [0.25, 0.3) is 0 Å². The summed E-state index contributed by atoms with van der Waals surface area (Å²) in [6.07, 6.45) is 0.867. The molecule has 0 spiro atoms. The fraction of sp³-hybridized carbons (Fsp3) is 0.308. The Morgan fingerprint density at radius 2 is 2.06 bits per heavy atom. The molecule has 4 heteroatoms. The topological polar surface area (TPSA) is 48.1 Å². The third-order valence-electron chi connectivity index (χ3n) is 2.43. The van der Waals surface area contributed by atoms with Crippen molar-refractivity contribution in [3.63, 3.8) is 0 Å². The van der Waals surface area contributed by atoms with Gasteiger partial charge in [0.1, 0.15) is 5.01 Å². The van der Waals surface area contributed by atoms with Crippen LogP contribution in [0.3, 0.4) is 0 Å². The van der Waals surface area contributed by atoms with Crippen molar-refractivity contribution >= 4 is 11.3 Å². The summed E-state index contributed by atoms with van der Waals surface area (Å²) in [5, 5.41) is 1.01.